The Kier molecular flexibility index (Phi) is 5.23. The molecule has 0 saturated carbocycles. The average Bonchev–Trinajstić information content (AvgIpc) is 2.66. The molecule has 0 atom stereocenters. The van der Waals surface area contributed by atoms with E-state index >= 15 is 0 Å². The molecule has 2 N–H and O–H groups in total. The topological polar surface area (TPSA) is 48.1 Å². The van der Waals surface area contributed by atoms with E-state index in [4.69, 9.17) is 10.5 Å². The van der Waals surface area contributed by atoms with E-state index in [1.807, 2.05) is 30.3 Å². The van der Waals surface area contributed by atoms with Gasteiger partial charge in [-0.2, -0.15) is 13.2 Å². The van der Waals surface area contributed by atoms with E-state index < -0.39 is 11.7 Å². The Hall–Kier alpha value is -2.86. The summed E-state index contributed by atoms with van der Waals surface area (Å²) in [4.78, 5) is 4.18. The zero-order chi connectivity index (χ0) is 18.6. The maximum atomic E-state index is 13.2. The van der Waals surface area contributed by atoms with Crippen LogP contribution in [0.15, 0.2) is 66.9 Å². The number of hydrogen-bond donors (Lipinski definition) is 1. The lowest BCUT2D eigenvalue weighted by molar-refractivity contribution is -0.138. The number of alkyl halides is 3. The van der Waals surface area contributed by atoms with Gasteiger partial charge < -0.3 is 10.5 Å². The molecule has 0 amide bonds. The normalized spacial score (nSPS) is 11.4. The minimum Gasteiger partial charge on any atom is -0.473 e. The SMILES string of the molecule is NCc1ccc(-c2ccc(OCc3ccccc3)nc2)cc1C(F)(F)F. The summed E-state index contributed by atoms with van der Waals surface area (Å²) in [5, 5.41) is 0. The predicted molar refractivity (Wildman–Crippen MR) is 93.3 cm³/mol. The lowest BCUT2D eigenvalue weighted by atomic mass is 10.00. The lowest BCUT2D eigenvalue weighted by Crippen LogP contribution is -2.12. The van der Waals surface area contributed by atoms with Gasteiger partial charge in [-0.25, -0.2) is 4.98 Å². The van der Waals surface area contributed by atoms with Crippen LogP contribution in [-0.4, -0.2) is 4.98 Å². The monoisotopic (exact) mass is 358 g/mol. The van der Waals surface area contributed by atoms with Crippen LogP contribution < -0.4 is 10.5 Å². The molecule has 0 aliphatic rings. The third-order valence-corrected chi connectivity index (χ3v) is 3.93. The fourth-order valence-corrected chi connectivity index (χ4v) is 2.57. The molecule has 0 spiro atoms. The standard InChI is InChI=1S/C20H17F3N2O/c21-20(22,23)18-10-15(6-7-16(18)11-24)17-8-9-19(25-12-17)26-13-14-4-2-1-3-5-14/h1-10,12H,11,13,24H2. The van der Waals surface area contributed by atoms with Gasteiger partial charge in [0.15, 0.2) is 0 Å². The maximum absolute atomic E-state index is 13.2. The summed E-state index contributed by atoms with van der Waals surface area (Å²) >= 11 is 0. The van der Waals surface area contributed by atoms with Gasteiger partial charge >= 0.3 is 6.18 Å². The van der Waals surface area contributed by atoms with Crippen LogP contribution in [0.5, 0.6) is 5.88 Å². The summed E-state index contributed by atoms with van der Waals surface area (Å²) in [5.74, 6) is 0.409. The Balaban J connectivity index is 1.78. The first-order valence-corrected chi connectivity index (χ1v) is 8.00. The molecule has 26 heavy (non-hydrogen) atoms. The summed E-state index contributed by atoms with van der Waals surface area (Å²) in [6.07, 6.45) is -2.95. The van der Waals surface area contributed by atoms with Gasteiger partial charge in [0.05, 0.1) is 5.56 Å². The second kappa shape index (κ2) is 7.58. The molecule has 134 valence electrons. The number of benzene rings is 2. The minimum atomic E-state index is -4.45. The quantitative estimate of drug-likeness (QED) is 0.712. The smallest absolute Gasteiger partial charge is 0.416 e. The molecular weight excluding hydrogens is 341 g/mol. The number of nitrogens with two attached hydrogens (primary N) is 1. The molecular formula is C20H17F3N2O. The van der Waals surface area contributed by atoms with Crippen molar-refractivity contribution in [3.63, 3.8) is 0 Å². The molecule has 0 unspecified atom stereocenters. The van der Waals surface area contributed by atoms with Gasteiger partial charge in [0.1, 0.15) is 6.61 Å². The van der Waals surface area contributed by atoms with E-state index in [1.54, 1.807) is 18.2 Å². The van der Waals surface area contributed by atoms with E-state index in [9.17, 15) is 13.2 Å². The molecule has 0 bridgehead atoms. The Labute approximate surface area is 149 Å². The highest BCUT2D eigenvalue weighted by Gasteiger charge is 2.33. The number of rotatable bonds is 5. The van der Waals surface area contributed by atoms with Gasteiger partial charge in [0.2, 0.25) is 5.88 Å². The first-order valence-electron chi connectivity index (χ1n) is 8.00. The first kappa shape index (κ1) is 17.9. The molecule has 3 rings (SSSR count). The van der Waals surface area contributed by atoms with Crippen LogP contribution in [0.2, 0.25) is 0 Å². The zero-order valence-corrected chi connectivity index (χ0v) is 13.8. The highest BCUT2D eigenvalue weighted by atomic mass is 19.4. The van der Waals surface area contributed by atoms with E-state index in [1.165, 1.54) is 12.3 Å². The molecule has 1 heterocycles. The maximum Gasteiger partial charge on any atom is 0.416 e. The zero-order valence-electron chi connectivity index (χ0n) is 13.8. The molecule has 0 saturated heterocycles. The number of ether oxygens (including phenoxy) is 1. The van der Waals surface area contributed by atoms with Crippen molar-refractivity contribution in [2.75, 3.05) is 0 Å². The van der Waals surface area contributed by atoms with Crippen molar-refractivity contribution < 1.29 is 17.9 Å². The largest absolute Gasteiger partial charge is 0.473 e. The van der Waals surface area contributed by atoms with Crippen LogP contribution in [0.4, 0.5) is 13.2 Å². The lowest BCUT2D eigenvalue weighted by Gasteiger charge is -2.13. The predicted octanol–water partition coefficient (Wildman–Crippen LogP) is 4.81. The van der Waals surface area contributed by atoms with Gasteiger partial charge in [-0.05, 0) is 28.8 Å². The van der Waals surface area contributed by atoms with Crippen molar-refractivity contribution in [1.29, 1.82) is 0 Å². The van der Waals surface area contributed by atoms with Gasteiger partial charge in [-0.3, -0.25) is 0 Å². The van der Waals surface area contributed by atoms with E-state index in [2.05, 4.69) is 4.98 Å². The van der Waals surface area contributed by atoms with Crippen LogP contribution in [0.3, 0.4) is 0 Å². The van der Waals surface area contributed by atoms with Crippen molar-refractivity contribution in [3.8, 4) is 17.0 Å². The fourth-order valence-electron chi connectivity index (χ4n) is 2.57. The molecule has 0 aliphatic carbocycles. The summed E-state index contributed by atoms with van der Waals surface area (Å²) in [5.41, 5.74) is 6.76. The van der Waals surface area contributed by atoms with Crippen LogP contribution >= 0.6 is 0 Å². The number of hydrogen-bond acceptors (Lipinski definition) is 3. The highest BCUT2D eigenvalue weighted by molar-refractivity contribution is 5.64. The van der Waals surface area contributed by atoms with Gasteiger partial charge in [-0.1, -0.05) is 42.5 Å². The molecule has 0 fully saturated rings. The Morgan fingerprint density at radius 3 is 2.27 bits per heavy atom. The van der Waals surface area contributed by atoms with Crippen LogP contribution in [0.25, 0.3) is 11.1 Å². The van der Waals surface area contributed by atoms with Crippen molar-refractivity contribution in [2.45, 2.75) is 19.3 Å². The summed E-state index contributed by atoms with van der Waals surface area (Å²) in [6.45, 7) is 0.205. The van der Waals surface area contributed by atoms with Gasteiger partial charge in [-0.15, -0.1) is 0 Å². The fraction of sp³-hybridized carbons (Fsp3) is 0.150. The van der Waals surface area contributed by atoms with Gasteiger partial charge in [0.25, 0.3) is 0 Å². The van der Waals surface area contributed by atoms with E-state index in [0.29, 0.717) is 23.6 Å². The van der Waals surface area contributed by atoms with Crippen molar-refractivity contribution in [2.24, 2.45) is 5.73 Å². The Morgan fingerprint density at radius 2 is 1.65 bits per heavy atom. The Morgan fingerprint density at radius 1 is 0.923 bits per heavy atom. The number of nitrogens with zero attached hydrogens (tertiary/aromatic N) is 1. The first-order chi connectivity index (χ1) is 12.5. The second-order valence-electron chi connectivity index (χ2n) is 5.73. The molecule has 1 aromatic heterocycles. The summed E-state index contributed by atoms with van der Waals surface area (Å²) in [6, 6.07) is 17.1. The second-order valence-corrected chi connectivity index (χ2v) is 5.73. The third-order valence-electron chi connectivity index (χ3n) is 3.93. The van der Waals surface area contributed by atoms with Crippen molar-refractivity contribution in [1.82, 2.24) is 4.98 Å². The van der Waals surface area contributed by atoms with Crippen LogP contribution in [-0.2, 0) is 19.3 Å². The minimum absolute atomic E-state index is 0.0667. The van der Waals surface area contributed by atoms with Crippen LogP contribution in [0, 0.1) is 0 Å². The molecule has 2 aromatic carbocycles. The van der Waals surface area contributed by atoms with Crippen LogP contribution in [0.1, 0.15) is 16.7 Å². The molecule has 0 aliphatic heterocycles. The molecule has 3 nitrogen and oxygen atoms in total. The molecule has 0 radical (unpaired) electrons. The number of halogens is 3. The number of aromatic nitrogens is 1. The molecule has 6 heteroatoms. The third kappa shape index (κ3) is 4.21. The highest BCUT2D eigenvalue weighted by Crippen LogP contribution is 2.35. The van der Waals surface area contributed by atoms with Crippen molar-refractivity contribution in [3.05, 3.63) is 83.6 Å². The number of pyridine rings is 1. The summed E-state index contributed by atoms with van der Waals surface area (Å²) in [7, 11) is 0. The van der Waals surface area contributed by atoms with Gasteiger partial charge in [0, 0.05) is 24.4 Å². The summed E-state index contributed by atoms with van der Waals surface area (Å²) < 4.78 is 45.1. The Bertz CT molecular complexity index is 862. The van der Waals surface area contributed by atoms with E-state index in [0.717, 1.165) is 11.6 Å². The van der Waals surface area contributed by atoms with Crippen molar-refractivity contribution >= 4 is 0 Å². The average molecular weight is 358 g/mol. The van der Waals surface area contributed by atoms with E-state index in [-0.39, 0.29) is 12.1 Å². The molecule has 3 aromatic rings.